The maximum absolute atomic E-state index is 11.5. The lowest BCUT2D eigenvalue weighted by molar-refractivity contribution is 0.202. The largest absolute Gasteiger partial charge is 0.313 e. The molecule has 0 aromatic carbocycles. The van der Waals surface area contributed by atoms with Crippen LogP contribution < -0.4 is 5.56 Å². The lowest BCUT2D eigenvalue weighted by Gasteiger charge is -2.40. The maximum atomic E-state index is 11.5. The molecule has 1 atom stereocenters. The summed E-state index contributed by atoms with van der Waals surface area (Å²) in [4.78, 5) is 21.1. The van der Waals surface area contributed by atoms with E-state index in [0.29, 0.717) is 11.3 Å². The van der Waals surface area contributed by atoms with Gasteiger partial charge in [0.15, 0.2) is 0 Å². The van der Waals surface area contributed by atoms with Crippen LogP contribution in [0.1, 0.15) is 64.5 Å². The second kappa shape index (κ2) is 6.60. The van der Waals surface area contributed by atoms with Gasteiger partial charge in [-0.25, -0.2) is 4.98 Å². The number of allylic oxidation sites excluding steroid dienone is 1. The monoisotopic (exact) mass is 315 g/mol. The van der Waals surface area contributed by atoms with E-state index in [0.717, 1.165) is 31.7 Å². The molecule has 1 aliphatic heterocycles. The quantitative estimate of drug-likeness (QED) is 0.869. The Morgan fingerprint density at radius 2 is 2.22 bits per heavy atom. The lowest BCUT2D eigenvalue weighted by atomic mass is 9.72. The minimum absolute atomic E-state index is 0.0425. The van der Waals surface area contributed by atoms with E-state index in [1.54, 1.807) is 17.2 Å². The minimum atomic E-state index is -0.0425. The van der Waals surface area contributed by atoms with E-state index in [1.165, 1.54) is 32.0 Å². The molecule has 0 radical (unpaired) electrons. The van der Waals surface area contributed by atoms with Crippen LogP contribution in [0.4, 0.5) is 0 Å². The fourth-order valence-corrected chi connectivity index (χ4v) is 4.30. The summed E-state index contributed by atoms with van der Waals surface area (Å²) in [5, 5.41) is 0. The number of nitrogens with zero attached hydrogens (tertiary/aromatic N) is 2. The van der Waals surface area contributed by atoms with Gasteiger partial charge in [-0.05, 0) is 51.0 Å². The minimum Gasteiger partial charge on any atom is -0.313 e. The molecule has 1 aromatic heterocycles. The van der Waals surface area contributed by atoms with E-state index >= 15 is 0 Å². The van der Waals surface area contributed by atoms with Gasteiger partial charge in [0.25, 0.3) is 5.56 Å². The topological polar surface area (TPSA) is 49.0 Å². The van der Waals surface area contributed by atoms with Crippen LogP contribution >= 0.6 is 0 Å². The number of likely N-dealkylation sites (tertiary alicyclic amines) is 1. The van der Waals surface area contributed by atoms with Gasteiger partial charge in [-0.3, -0.25) is 9.69 Å². The van der Waals surface area contributed by atoms with Crippen molar-refractivity contribution in [2.75, 3.05) is 19.6 Å². The zero-order valence-electron chi connectivity index (χ0n) is 14.7. The molecule has 1 aromatic rings. The average molecular weight is 315 g/mol. The molecule has 0 amide bonds. The third kappa shape index (κ3) is 3.74. The SMILES string of the molecule is CC1=C(CN2CCC[C@@H](c3cc(=O)[nH]cn3)C2)C(C)(C)CCC1. The Hall–Kier alpha value is -1.42. The molecule has 2 aliphatic rings. The van der Waals surface area contributed by atoms with Crippen LogP contribution in [0.2, 0.25) is 0 Å². The van der Waals surface area contributed by atoms with Crippen molar-refractivity contribution in [3.8, 4) is 0 Å². The number of H-pyrrole nitrogens is 1. The molecule has 0 unspecified atom stereocenters. The molecule has 1 saturated heterocycles. The van der Waals surface area contributed by atoms with E-state index in [2.05, 4.69) is 35.6 Å². The fraction of sp³-hybridized carbons (Fsp3) is 0.684. The molecule has 1 N–H and O–H groups in total. The van der Waals surface area contributed by atoms with Crippen LogP contribution in [-0.4, -0.2) is 34.5 Å². The predicted octanol–water partition coefficient (Wildman–Crippen LogP) is 3.48. The van der Waals surface area contributed by atoms with Crippen LogP contribution in [0.5, 0.6) is 0 Å². The molecule has 4 nitrogen and oxygen atoms in total. The Morgan fingerprint density at radius 1 is 1.39 bits per heavy atom. The molecule has 23 heavy (non-hydrogen) atoms. The summed E-state index contributed by atoms with van der Waals surface area (Å²) in [5.41, 5.74) is 4.48. The van der Waals surface area contributed by atoms with Crippen molar-refractivity contribution in [2.45, 2.75) is 58.8 Å². The number of rotatable bonds is 3. The van der Waals surface area contributed by atoms with Gasteiger partial charge in [0.1, 0.15) is 0 Å². The molecular weight excluding hydrogens is 286 g/mol. The summed E-state index contributed by atoms with van der Waals surface area (Å²) in [5.74, 6) is 0.388. The second-order valence-corrected chi connectivity index (χ2v) is 7.91. The van der Waals surface area contributed by atoms with E-state index in [1.807, 2.05) is 0 Å². The summed E-state index contributed by atoms with van der Waals surface area (Å²) < 4.78 is 0. The van der Waals surface area contributed by atoms with Crippen molar-refractivity contribution >= 4 is 0 Å². The molecule has 0 spiro atoms. The smallest absolute Gasteiger partial charge is 0.250 e. The summed E-state index contributed by atoms with van der Waals surface area (Å²) >= 11 is 0. The highest BCUT2D eigenvalue weighted by Gasteiger charge is 2.31. The summed E-state index contributed by atoms with van der Waals surface area (Å²) in [6.07, 6.45) is 7.73. The van der Waals surface area contributed by atoms with Gasteiger partial charge in [-0.1, -0.05) is 25.0 Å². The number of piperidine rings is 1. The van der Waals surface area contributed by atoms with E-state index in [-0.39, 0.29) is 5.56 Å². The normalized spacial score (nSPS) is 25.6. The van der Waals surface area contributed by atoms with Gasteiger partial charge < -0.3 is 4.98 Å². The Bertz CT molecular complexity index is 644. The van der Waals surface area contributed by atoms with Crippen LogP contribution in [0, 0.1) is 5.41 Å². The van der Waals surface area contributed by atoms with Crippen molar-refractivity contribution < 1.29 is 0 Å². The number of aromatic amines is 1. The second-order valence-electron chi connectivity index (χ2n) is 7.91. The first-order valence-corrected chi connectivity index (χ1v) is 8.92. The molecular formula is C19H29N3O. The van der Waals surface area contributed by atoms with Crippen LogP contribution in [-0.2, 0) is 0 Å². The number of hydrogen-bond acceptors (Lipinski definition) is 3. The Balaban J connectivity index is 1.73. The molecule has 3 rings (SSSR count). The zero-order chi connectivity index (χ0) is 16.4. The van der Waals surface area contributed by atoms with Crippen LogP contribution in [0.15, 0.2) is 28.3 Å². The van der Waals surface area contributed by atoms with Gasteiger partial charge in [0.05, 0.1) is 12.0 Å². The summed E-state index contributed by atoms with van der Waals surface area (Å²) in [6.45, 7) is 10.4. The Labute approximate surface area is 139 Å². The van der Waals surface area contributed by atoms with Gasteiger partial charge in [0, 0.05) is 25.1 Å². The highest BCUT2D eigenvalue weighted by atomic mass is 16.1. The molecule has 1 aliphatic carbocycles. The highest BCUT2D eigenvalue weighted by molar-refractivity contribution is 5.24. The van der Waals surface area contributed by atoms with Gasteiger partial charge in [-0.15, -0.1) is 0 Å². The average Bonchev–Trinajstić information content (AvgIpc) is 2.51. The number of nitrogens with one attached hydrogen (secondary N) is 1. The standard InChI is InChI=1S/C19H29N3O/c1-14-6-4-8-19(2,3)16(14)12-22-9-5-7-15(11-22)17-10-18(23)21-13-20-17/h10,13,15H,4-9,11-12H2,1-3H3,(H,20,21,23)/t15-/m1/s1. The van der Waals surface area contributed by atoms with E-state index in [4.69, 9.17) is 0 Å². The van der Waals surface area contributed by atoms with Gasteiger partial charge in [-0.2, -0.15) is 0 Å². The number of hydrogen-bond donors (Lipinski definition) is 1. The Kier molecular flexibility index (Phi) is 4.72. The van der Waals surface area contributed by atoms with Crippen molar-refractivity contribution in [2.24, 2.45) is 5.41 Å². The third-order valence-electron chi connectivity index (χ3n) is 5.69. The molecule has 0 saturated carbocycles. The lowest BCUT2D eigenvalue weighted by Crippen LogP contribution is -2.39. The highest BCUT2D eigenvalue weighted by Crippen LogP contribution is 2.41. The van der Waals surface area contributed by atoms with Gasteiger partial charge in [0.2, 0.25) is 0 Å². The molecule has 2 heterocycles. The van der Waals surface area contributed by atoms with Crippen LogP contribution in [0.25, 0.3) is 0 Å². The van der Waals surface area contributed by atoms with E-state index < -0.39 is 0 Å². The maximum Gasteiger partial charge on any atom is 0.250 e. The Morgan fingerprint density at radius 3 is 2.96 bits per heavy atom. The first-order valence-electron chi connectivity index (χ1n) is 8.92. The first kappa shape index (κ1) is 16.4. The van der Waals surface area contributed by atoms with Crippen molar-refractivity contribution in [1.82, 2.24) is 14.9 Å². The van der Waals surface area contributed by atoms with Crippen molar-refractivity contribution in [1.29, 1.82) is 0 Å². The third-order valence-corrected chi connectivity index (χ3v) is 5.69. The first-order chi connectivity index (χ1) is 11.0. The molecule has 0 bridgehead atoms. The summed E-state index contributed by atoms with van der Waals surface area (Å²) in [7, 11) is 0. The molecule has 126 valence electrons. The summed E-state index contributed by atoms with van der Waals surface area (Å²) in [6, 6.07) is 1.67. The van der Waals surface area contributed by atoms with Crippen LogP contribution in [0.3, 0.4) is 0 Å². The van der Waals surface area contributed by atoms with E-state index in [9.17, 15) is 4.79 Å². The fourth-order valence-electron chi connectivity index (χ4n) is 4.30. The molecule has 1 fully saturated rings. The van der Waals surface area contributed by atoms with Crippen molar-refractivity contribution in [3.63, 3.8) is 0 Å². The molecule has 4 heteroatoms. The predicted molar refractivity (Wildman–Crippen MR) is 93.6 cm³/mol. The number of aromatic nitrogens is 2. The zero-order valence-corrected chi connectivity index (χ0v) is 14.7. The van der Waals surface area contributed by atoms with Gasteiger partial charge >= 0.3 is 0 Å². The van der Waals surface area contributed by atoms with Crippen molar-refractivity contribution in [3.05, 3.63) is 39.6 Å².